The summed E-state index contributed by atoms with van der Waals surface area (Å²) in [5, 5.41) is 8.58. The van der Waals surface area contributed by atoms with Gasteiger partial charge in [0.15, 0.2) is 0 Å². The summed E-state index contributed by atoms with van der Waals surface area (Å²) in [5.74, 6) is 1.35. The summed E-state index contributed by atoms with van der Waals surface area (Å²) >= 11 is 0. The van der Waals surface area contributed by atoms with Crippen LogP contribution in [0.2, 0.25) is 0 Å². The summed E-state index contributed by atoms with van der Waals surface area (Å²) in [4.78, 5) is 17.5. The molecule has 0 amide bonds. The van der Waals surface area contributed by atoms with E-state index >= 15 is 0 Å². The fourth-order valence-electron chi connectivity index (χ4n) is 5.80. The smallest absolute Gasteiger partial charge is 0.314 e. The maximum Gasteiger partial charge on any atom is 0.314 e. The van der Waals surface area contributed by atoms with Crippen molar-refractivity contribution < 1.29 is 13.9 Å². The zero-order valence-corrected chi connectivity index (χ0v) is 28.2. The van der Waals surface area contributed by atoms with E-state index in [0.717, 1.165) is 33.5 Å². The van der Waals surface area contributed by atoms with E-state index in [0.29, 0.717) is 30.4 Å². The molecule has 2 aromatic heterocycles. The number of esters is 1. The van der Waals surface area contributed by atoms with Gasteiger partial charge < -0.3 is 9.15 Å². The number of ether oxygens (including phenoxy) is 1. The van der Waals surface area contributed by atoms with Crippen LogP contribution in [0.1, 0.15) is 64.5 Å². The highest BCUT2D eigenvalue weighted by molar-refractivity contribution is 5.75. The molecule has 0 aliphatic carbocycles. The zero-order valence-electron chi connectivity index (χ0n) is 28.2. The summed E-state index contributed by atoms with van der Waals surface area (Å²) in [6.45, 7) is 10.8. The minimum absolute atomic E-state index is 0.0864. The second-order valence-electron chi connectivity index (χ2n) is 13.3. The van der Waals surface area contributed by atoms with Gasteiger partial charge >= 0.3 is 5.97 Å². The Balaban J connectivity index is 1.05. The second-order valence-corrected chi connectivity index (χ2v) is 13.3. The van der Waals surface area contributed by atoms with E-state index < -0.39 is 0 Å². The molecule has 0 bridgehead atoms. The van der Waals surface area contributed by atoms with Crippen molar-refractivity contribution in [3.05, 3.63) is 133 Å². The van der Waals surface area contributed by atoms with Crippen molar-refractivity contribution in [1.29, 1.82) is 0 Å². The molecule has 6 heteroatoms. The number of rotatable bonds is 10. The quantitative estimate of drug-likeness (QED) is 0.110. The molecule has 0 saturated heterocycles. The summed E-state index contributed by atoms with van der Waals surface area (Å²) in [7, 11) is 0. The van der Waals surface area contributed by atoms with Crippen LogP contribution in [0.25, 0.3) is 45.3 Å². The Morgan fingerprint density at radius 1 is 0.708 bits per heavy atom. The van der Waals surface area contributed by atoms with E-state index in [-0.39, 0.29) is 23.2 Å². The van der Waals surface area contributed by atoms with Gasteiger partial charge in [-0.2, -0.15) is 0 Å². The van der Waals surface area contributed by atoms with Crippen LogP contribution in [-0.2, 0) is 10.2 Å². The number of carbonyl (C=O) groups is 1. The molecule has 242 valence electrons. The van der Waals surface area contributed by atoms with Crippen molar-refractivity contribution >= 4 is 5.97 Å². The first-order chi connectivity index (χ1) is 23.2. The van der Waals surface area contributed by atoms with Gasteiger partial charge in [-0.05, 0) is 107 Å². The molecule has 0 N–H and O–H groups in total. The Hall–Kier alpha value is -5.36. The van der Waals surface area contributed by atoms with E-state index in [4.69, 9.17) is 9.15 Å². The van der Waals surface area contributed by atoms with Crippen molar-refractivity contribution in [3.63, 3.8) is 0 Å². The molecule has 0 aliphatic heterocycles. The molecule has 0 saturated carbocycles. The zero-order chi connectivity index (χ0) is 33.7. The fraction of sp³-hybridized carbons (Fsp3) is 0.238. The standard InChI is InChI=1S/C42H41N3O3/c1-6-29(41(46)47-37-24-20-33(21-25-37)38-9-7-8-26-43-38)27-28(2)30-10-12-31(13-11-30)32-14-16-34(17-15-32)39-44-45-40(48-39)35-18-22-36(23-19-35)42(3,4)5/h7-26,28-29H,6,27H2,1-5H3. The van der Waals surface area contributed by atoms with Gasteiger partial charge in [-0.3, -0.25) is 9.78 Å². The molecule has 6 rings (SSSR count). The Kier molecular flexibility index (Phi) is 9.62. The summed E-state index contributed by atoms with van der Waals surface area (Å²) in [5.41, 5.74) is 8.39. The maximum absolute atomic E-state index is 13.1. The Morgan fingerprint density at radius 3 is 1.79 bits per heavy atom. The van der Waals surface area contributed by atoms with Gasteiger partial charge in [0.05, 0.1) is 11.6 Å². The molecule has 0 spiro atoms. The molecule has 6 nitrogen and oxygen atoms in total. The number of aromatic nitrogens is 3. The molecule has 0 fully saturated rings. The largest absolute Gasteiger partial charge is 0.426 e. The van der Waals surface area contributed by atoms with Crippen molar-refractivity contribution in [2.24, 2.45) is 5.92 Å². The lowest BCUT2D eigenvalue weighted by atomic mass is 9.87. The first-order valence-corrected chi connectivity index (χ1v) is 16.6. The number of pyridine rings is 1. The predicted octanol–water partition coefficient (Wildman–Crippen LogP) is 10.6. The van der Waals surface area contributed by atoms with Gasteiger partial charge in [-0.1, -0.05) is 89.2 Å². The van der Waals surface area contributed by atoms with Gasteiger partial charge in [0.25, 0.3) is 0 Å². The third-order valence-electron chi connectivity index (χ3n) is 8.87. The van der Waals surface area contributed by atoms with E-state index in [1.165, 1.54) is 11.1 Å². The number of hydrogen-bond acceptors (Lipinski definition) is 6. The number of nitrogens with zero attached hydrogens (tertiary/aromatic N) is 3. The fourth-order valence-corrected chi connectivity index (χ4v) is 5.80. The molecule has 6 aromatic rings. The van der Waals surface area contributed by atoms with Crippen LogP contribution in [0, 0.1) is 5.92 Å². The Labute approximate surface area is 282 Å². The monoisotopic (exact) mass is 635 g/mol. The molecule has 0 radical (unpaired) electrons. The number of hydrogen-bond donors (Lipinski definition) is 0. The first kappa shape index (κ1) is 32.6. The normalized spacial score (nSPS) is 12.8. The van der Waals surface area contributed by atoms with Crippen LogP contribution in [0.4, 0.5) is 0 Å². The van der Waals surface area contributed by atoms with Crippen molar-refractivity contribution in [2.75, 3.05) is 0 Å². The summed E-state index contributed by atoms with van der Waals surface area (Å²) < 4.78 is 11.8. The second kappa shape index (κ2) is 14.2. The van der Waals surface area contributed by atoms with Gasteiger partial charge in [-0.15, -0.1) is 10.2 Å². The number of carbonyl (C=O) groups excluding carboxylic acids is 1. The van der Waals surface area contributed by atoms with Gasteiger partial charge in [0, 0.05) is 22.9 Å². The third kappa shape index (κ3) is 7.60. The SMILES string of the molecule is CCC(CC(C)c1ccc(-c2ccc(-c3nnc(-c4ccc(C(C)(C)C)cc4)o3)cc2)cc1)C(=O)Oc1ccc(-c2ccccn2)cc1. The van der Waals surface area contributed by atoms with Crippen molar-refractivity contribution in [2.45, 2.75) is 58.8 Å². The highest BCUT2D eigenvalue weighted by Gasteiger charge is 2.23. The topological polar surface area (TPSA) is 78.1 Å². The molecule has 2 unspecified atom stereocenters. The molecule has 0 aliphatic rings. The van der Waals surface area contributed by atoms with Gasteiger partial charge in [-0.25, -0.2) is 0 Å². The highest BCUT2D eigenvalue weighted by Crippen LogP contribution is 2.31. The lowest BCUT2D eigenvalue weighted by Gasteiger charge is -2.19. The van der Waals surface area contributed by atoms with E-state index in [1.54, 1.807) is 6.20 Å². The van der Waals surface area contributed by atoms with Crippen LogP contribution in [0.5, 0.6) is 5.75 Å². The lowest BCUT2D eigenvalue weighted by Crippen LogP contribution is -2.21. The van der Waals surface area contributed by atoms with Crippen LogP contribution in [-0.4, -0.2) is 21.2 Å². The van der Waals surface area contributed by atoms with Crippen molar-refractivity contribution in [1.82, 2.24) is 15.2 Å². The van der Waals surface area contributed by atoms with Gasteiger partial charge in [0.1, 0.15) is 5.75 Å². The van der Waals surface area contributed by atoms with E-state index in [1.807, 2.05) is 73.7 Å². The predicted molar refractivity (Wildman–Crippen MR) is 191 cm³/mol. The molecule has 4 aromatic carbocycles. The lowest BCUT2D eigenvalue weighted by molar-refractivity contribution is -0.139. The third-order valence-corrected chi connectivity index (χ3v) is 8.87. The van der Waals surface area contributed by atoms with Crippen LogP contribution < -0.4 is 4.74 Å². The molecule has 48 heavy (non-hydrogen) atoms. The van der Waals surface area contributed by atoms with E-state index in [9.17, 15) is 4.79 Å². The minimum atomic E-state index is -0.198. The summed E-state index contributed by atoms with van der Waals surface area (Å²) in [6, 6.07) is 38.3. The van der Waals surface area contributed by atoms with Crippen LogP contribution >= 0.6 is 0 Å². The van der Waals surface area contributed by atoms with Gasteiger partial charge in [0.2, 0.25) is 11.8 Å². The average molecular weight is 636 g/mol. The van der Waals surface area contributed by atoms with Crippen molar-refractivity contribution in [3.8, 4) is 51.0 Å². The molecule has 2 atom stereocenters. The molecular formula is C42H41N3O3. The summed E-state index contributed by atoms with van der Waals surface area (Å²) in [6.07, 6.45) is 3.19. The minimum Gasteiger partial charge on any atom is -0.426 e. The van der Waals surface area contributed by atoms with E-state index in [2.05, 4.69) is 91.4 Å². The van der Waals surface area contributed by atoms with Crippen LogP contribution in [0.3, 0.4) is 0 Å². The number of benzene rings is 4. The average Bonchev–Trinajstić information content (AvgIpc) is 3.62. The molecular weight excluding hydrogens is 594 g/mol. The molecule has 2 heterocycles. The van der Waals surface area contributed by atoms with Crippen LogP contribution in [0.15, 0.2) is 126 Å². The Bertz CT molecular complexity index is 1940. The Morgan fingerprint density at radius 2 is 1.25 bits per heavy atom. The first-order valence-electron chi connectivity index (χ1n) is 16.6. The maximum atomic E-state index is 13.1. The highest BCUT2D eigenvalue weighted by atomic mass is 16.5.